The molecule has 1 N–H and O–H groups in total. The quantitative estimate of drug-likeness (QED) is 0.749. The van der Waals surface area contributed by atoms with E-state index >= 15 is 0 Å². The molecule has 0 fully saturated rings. The zero-order valence-electron chi connectivity index (χ0n) is 16.6. The standard InChI is InChI=1S/C23H23NO5/c1-15-19(22(25)27-3)21(18-12-8-13-28-18)20(16(2)24-15)23(26)29-14-7-11-17-9-5-4-6-10-17/h4-13,21,24H,14H2,1-3H3/b11-7+. The topological polar surface area (TPSA) is 77.8 Å². The molecule has 1 unspecified atom stereocenters. The molecule has 1 atom stereocenters. The molecule has 6 nitrogen and oxygen atoms in total. The molecule has 1 aliphatic heterocycles. The van der Waals surface area contributed by atoms with Crippen LogP contribution < -0.4 is 5.32 Å². The van der Waals surface area contributed by atoms with Gasteiger partial charge in [0.2, 0.25) is 0 Å². The molecule has 2 aromatic rings. The van der Waals surface area contributed by atoms with Crippen LogP contribution in [0.2, 0.25) is 0 Å². The summed E-state index contributed by atoms with van der Waals surface area (Å²) in [7, 11) is 1.30. The lowest BCUT2D eigenvalue weighted by Crippen LogP contribution is -2.32. The Morgan fingerprint density at radius 1 is 1.03 bits per heavy atom. The van der Waals surface area contributed by atoms with Crippen LogP contribution in [0.3, 0.4) is 0 Å². The van der Waals surface area contributed by atoms with Crippen molar-refractivity contribution in [3.8, 4) is 0 Å². The minimum atomic E-state index is -0.704. The van der Waals surface area contributed by atoms with E-state index in [2.05, 4.69) is 5.32 Å². The van der Waals surface area contributed by atoms with E-state index in [4.69, 9.17) is 13.9 Å². The lowest BCUT2D eigenvalue weighted by molar-refractivity contribution is -0.138. The number of benzene rings is 1. The van der Waals surface area contributed by atoms with E-state index in [1.165, 1.54) is 13.4 Å². The third-order valence-electron chi connectivity index (χ3n) is 4.63. The van der Waals surface area contributed by atoms with Crippen LogP contribution in [-0.4, -0.2) is 25.7 Å². The number of carbonyl (C=O) groups excluding carboxylic acids is 2. The van der Waals surface area contributed by atoms with Gasteiger partial charge in [0.25, 0.3) is 0 Å². The summed E-state index contributed by atoms with van der Waals surface area (Å²) in [5, 5.41) is 3.08. The van der Waals surface area contributed by atoms with Gasteiger partial charge in [-0.1, -0.05) is 36.4 Å². The van der Waals surface area contributed by atoms with Crippen molar-refractivity contribution >= 4 is 18.0 Å². The maximum atomic E-state index is 12.9. The van der Waals surface area contributed by atoms with E-state index in [-0.39, 0.29) is 6.61 Å². The molecular formula is C23H23NO5. The molecule has 0 aliphatic carbocycles. The number of furan rings is 1. The molecule has 0 radical (unpaired) electrons. The van der Waals surface area contributed by atoms with Crippen molar-refractivity contribution in [2.45, 2.75) is 19.8 Å². The van der Waals surface area contributed by atoms with Crippen LogP contribution in [0.25, 0.3) is 6.08 Å². The number of rotatable bonds is 6. The third-order valence-corrected chi connectivity index (χ3v) is 4.63. The largest absolute Gasteiger partial charge is 0.468 e. The summed E-state index contributed by atoms with van der Waals surface area (Å²) in [6.45, 7) is 3.63. The normalized spacial score (nSPS) is 16.7. The molecule has 29 heavy (non-hydrogen) atoms. The Hall–Kier alpha value is -3.54. The molecule has 3 rings (SSSR count). The molecule has 0 saturated carbocycles. The van der Waals surface area contributed by atoms with Crippen LogP contribution in [-0.2, 0) is 19.1 Å². The van der Waals surface area contributed by atoms with Crippen molar-refractivity contribution in [2.24, 2.45) is 0 Å². The highest BCUT2D eigenvalue weighted by atomic mass is 16.5. The van der Waals surface area contributed by atoms with Gasteiger partial charge in [-0.2, -0.15) is 0 Å². The summed E-state index contributed by atoms with van der Waals surface area (Å²) in [6.07, 6.45) is 5.15. The number of hydrogen-bond acceptors (Lipinski definition) is 6. The smallest absolute Gasteiger partial charge is 0.337 e. The second-order valence-corrected chi connectivity index (χ2v) is 6.55. The summed E-state index contributed by atoms with van der Waals surface area (Å²) < 4.78 is 15.9. The zero-order valence-corrected chi connectivity index (χ0v) is 16.6. The zero-order chi connectivity index (χ0) is 20.8. The average Bonchev–Trinajstić information content (AvgIpc) is 3.25. The third kappa shape index (κ3) is 4.48. The Kier molecular flexibility index (Phi) is 6.34. The maximum Gasteiger partial charge on any atom is 0.337 e. The fraction of sp³-hybridized carbons (Fsp3) is 0.217. The molecule has 1 aliphatic rings. The predicted molar refractivity (Wildman–Crippen MR) is 108 cm³/mol. The van der Waals surface area contributed by atoms with Gasteiger partial charge in [-0.25, -0.2) is 9.59 Å². The first kappa shape index (κ1) is 20.2. The highest BCUT2D eigenvalue weighted by Gasteiger charge is 2.39. The fourth-order valence-corrected chi connectivity index (χ4v) is 3.34. The maximum absolute atomic E-state index is 12.9. The Morgan fingerprint density at radius 3 is 2.34 bits per heavy atom. The SMILES string of the molecule is COC(=O)C1=C(C)NC(C)=C(C(=O)OC/C=C/c2ccccc2)C1c1ccco1. The number of nitrogens with one attached hydrogen (secondary N) is 1. The average molecular weight is 393 g/mol. The number of esters is 2. The first-order valence-electron chi connectivity index (χ1n) is 9.22. The molecule has 6 heteroatoms. The van der Waals surface area contributed by atoms with Gasteiger partial charge in [0.05, 0.1) is 30.4 Å². The first-order chi connectivity index (χ1) is 14.0. The molecule has 0 saturated heterocycles. The molecule has 0 spiro atoms. The highest BCUT2D eigenvalue weighted by molar-refractivity contribution is 5.99. The van der Waals surface area contributed by atoms with Gasteiger partial charge in [0.15, 0.2) is 0 Å². The highest BCUT2D eigenvalue weighted by Crippen LogP contribution is 2.39. The Labute approximate surface area is 169 Å². The van der Waals surface area contributed by atoms with E-state index in [1.807, 2.05) is 36.4 Å². The summed E-state index contributed by atoms with van der Waals surface area (Å²) in [5.41, 5.74) is 2.86. The van der Waals surface area contributed by atoms with Crippen molar-refractivity contribution in [1.29, 1.82) is 0 Å². The monoisotopic (exact) mass is 393 g/mol. The van der Waals surface area contributed by atoms with Gasteiger partial charge in [-0.05, 0) is 37.6 Å². The Morgan fingerprint density at radius 2 is 1.72 bits per heavy atom. The Bertz CT molecular complexity index is 968. The minimum absolute atomic E-state index is 0.103. The van der Waals surface area contributed by atoms with E-state index in [1.54, 1.807) is 32.1 Å². The van der Waals surface area contributed by atoms with E-state index in [0.717, 1.165) is 5.56 Å². The van der Waals surface area contributed by atoms with Crippen LogP contribution in [0.5, 0.6) is 0 Å². The van der Waals surface area contributed by atoms with E-state index in [0.29, 0.717) is 28.3 Å². The van der Waals surface area contributed by atoms with Gasteiger partial charge in [-0.3, -0.25) is 0 Å². The molecule has 1 aromatic carbocycles. The molecule has 2 heterocycles. The van der Waals surface area contributed by atoms with Crippen molar-refractivity contribution in [3.05, 3.63) is 88.7 Å². The number of dihydropyridines is 1. The Balaban J connectivity index is 1.83. The van der Waals surface area contributed by atoms with Crippen molar-refractivity contribution in [3.63, 3.8) is 0 Å². The summed E-state index contributed by atoms with van der Waals surface area (Å²) in [6, 6.07) is 13.2. The van der Waals surface area contributed by atoms with Crippen LogP contribution in [0, 0.1) is 0 Å². The molecule has 0 bridgehead atoms. The van der Waals surface area contributed by atoms with Gasteiger partial charge in [-0.15, -0.1) is 0 Å². The van der Waals surface area contributed by atoms with Gasteiger partial charge in [0, 0.05) is 11.4 Å². The predicted octanol–water partition coefficient (Wildman–Crippen LogP) is 3.94. The minimum Gasteiger partial charge on any atom is -0.468 e. The van der Waals surface area contributed by atoms with Crippen molar-refractivity contribution < 1.29 is 23.5 Å². The van der Waals surface area contributed by atoms with Crippen LogP contribution in [0.4, 0.5) is 0 Å². The van der Waals surface area contributed by atoms with Crippen LogP contribution >= 0.6 is 0 Å². The van der Waals surface area contributed by atoms with E-state index < -0.39 is 17.9 Å². The number of methoxy groups -OCH3 is 1. The fourth-order valence-electron chi connectivity index (χ4n) is 3.34. The van der Waals surface area contributed by atoms with Crippen molar-refractivity contribution in [1.82, 2.24) is 5.32 Å². The number of allylic oxidation sites excluding steroid dienone is 2. The first-order valence-corrected chi connectivity index (χ1v) is 9.22. The molecule has 150 valence electrons. The van der Waals surface area contributed by atoms with E-state index in [9.17, 15) is 9.59 Å². The number of ether oxygens (including phenoxy) is 2. The molecule has 0 amide bonds. The van der Waals surface area contributed by atoms with Gasteiger partial charge < -0.3 is 19.2 Å². The van der Waals surface area contributed by atoms with Gasteiger partial charge >= 0.3 is 11.9 Å². The summed E-state index contributed by atoms with van der Waals surface area (Å²) in [4.78, 5) is 25.3. The second kappa shape index (κ2) is 9.10. The lowest BCUT2D eigenvalue weighted by atomic mass is 9.83. The lowest BCUT2D eigenvalue weighted by Gasteiger charge is -2.28. The van der Waals surface area contributed by atoms with Crippen molar-refractivity contribution in [2.75, 3.05) is 13.7 Å². The summed E-state index contributed by atoms with van der Waals surface area (Å²) >= 11 is 0. The van der Waals surface area contributed by atoms with Gasteiger partial charge in [0.1, 0.15) is 12.4 Å². The second-order valence-electron chi connectivity index (χ2n) is 6.55. The summed E-state index contributed by atoms with van der Waals surface area (Å²) in [5.74, 6) is -1.29. The van der Waals surface area contributed by atoms with Crippen LogP contribution in [0.1, 0.15) is 31.1 Å². The number of carbonyl (C=O) groups is 2. The van der Waals surface area contributed by atoms with Crippen LogP contribution in [0.15, 0.2) is 81.8 Å². The number of hydrogen-bond donors (Lipinski definition) is 1. The molecular weight excluding hydrogens is 370 g/mol. The molecule has 1 aromatic heterocycles.